The molecule has 1 aliphatic heterocycles. The third-order valence-corrected chi connectivity index (χ3v) is 5.48. The molecule has 0 saturated heterocycles. The number of benzene rings is 1. The second-order valence-electron chi connectivity index (χ2n) is 8.88. The molecule has 31 heavy (non-hydrogen) atoms. The van der Waals surface area contributed by atoms with Gasteiger partial charge in [-0.05, 0) is 31.2 Å². The Labute approximate surface area is 181 Å². The first-order valence-corrected chi connectivity index (χ1v) is 10.4. The summed E-state index contributed by atoms with van der Waals surface area (Å²) in [5, 5.41) is 9.85. The normalized spacial score (nSPS) is 15.3. The number of amides is 2. The number of nitrogens with zero attached hydrogens (tertiary/aromatic N) is 4. The van der Waals surface area contributed by atoms with E-state index < -0.39 is 0 Å². The number of hydrazone groups is 1. The maximum atomic E-state index is 13.4. The van der Waals surface area contributed by atoms with Crippen LogP contribution in [0.15, 0.2) is 59.8 Å². The number of hydrogen-bond acceptors (Lipinski definition) is 4. The summed E-state index contributed by atoms with van der Waals surface area (Å²) < 4.78 is 2.00. The third kappa shape index (κ3) is 4.21. The van der Waals surface area contributed by atoms with Crippen LogP contribution in [0.1, 0.15) is 49.9 Å². The van der Waals surface area contributed by atoms with Gasteiger partial charge in [0.25, 0.3) is 5.91 Å². The summed E-state index contributed by atoms with van der Waals surface area (Å²) in [6, 6.07) is 15.1. The number of carbonyl (C=O) groups is 2. The Balaban J connectivity index is 1.64. The zero-order valence-corrected chi connectivity index (χ0v) is 18.3. The minimum Gasteiger partial charge on any atom is -0.346 e. The van der Waals surface area contributed by atoms with Gasteiger partial charge in [-0.25, -0.2) is 5.01 Å². The molecule has 7 nitrogen and oxygen atoms in total. The SMILES string of the molecule is C[C@@H](NC(=O)CN1N=C(C(C)(C)C)Cn2c(cc3ccccc32)C1=O)c1ccccn1. The molecule has 3 aromatic rings. The van der Waals surface area contributed by atoms with Crippen LogP contribution in [0.4, 0.5) is 0 Å². The zero-order valence-electron chi connectivity index (χ0n) is 18.3. The molecule has 0 spiro atoms. The van der Waals surface area contributed by atoms with E-state index in [2.05, 4.69) is 36.2 Å². The fourth-order valence-corrected chi connectivity index (χ4v) is 3.69. The highest BCUT2D eigenvalue weighted by atomic mass is 16.2. The van der Waals surface area contributed by atoms with Crippen LogP contribution in [-0.4, -0.2) is 38.6 Å². The van der Waals surface area contributed by atoms with Crippen LogP contribution in [0.2, 0.25) is 0 Å². The summed E-state index contributed by atoms with van der Waals surface area (Å²) in [5.41, 5.74) is 2.86. The van der Waals surface area contributed by atoms with Crippen LogP contribution in [-0.2, 0) is 11.3 Å². The first-order valence-electron chi connectivity index (χ1n) is 10.4. The monoisotopic (exact) mass is 417 g/mol. The Hall–Kier alpha value is -3.48. The van der Waals surface area contributed by atoms with Crippen LogP contribution in [0, 0.1) is 5.41 Å². The van der Waals surface area contributed by atoms with Gasteiger partial charge in [-0.2, -0.15) is 5.10 Å². The van der Waals surface area contributed by atoms with Crippen molar-refractivity contribution in [2.75, 3.05) is 6.54 Å². The van der Waals surface area contributed by atoms with Crippen LogP contribution in [0.3, 0.4) is 0 Å². The minimum absolute atomic E-state index is 0.156. The Morgan fingerprint density at radius 3 is 2.61 bits per heavy atom. The molecule has 160 valence electrons. The highest BCUT2D eigenvalue weighted by molar-refractivity contribution is 6.03. The molecule has 0 bridgehead atoms. The summed E-state index contributed by atoms with van der Waals surface area (Å²) >= 11 is 0. The molecule has 3 heterocycles. The predicted octanol–water partition coefficient (Wildman–Crippen LogP) is 3.77. The van der Waals surface area contributed by atoms with Gasteiger partial charge in [0.05, 0.1) is 24.0 Å². The van der Waals surface area contributed by atoms with Gasteiger partial charge in [0.2, 0.25) is 5.91 Å². The molecule has 0 fully saturated rings. The van der Waals surface area contributed by atoms with Crippen molar-refractivity contribution in [3.05, 3.63) is 66.1 Å². The van der Waals surface area contributed by atoms with E-state index in [1.54, 1.807) is 6.20 Å². The van der Waals surface area contributed by atoms with E-state index in [1.165, 1.54) is 5.01 Å². The lowest BCUT2D eigenvalue weighted by atomic mass is 9.90. The molecule has 0 radical (unpaired) electrons. The smallest absolute Gasteiger partial charge is 0.291 e. The molecule has 0 saturated carbocycles. The van der Waals surface area contributed by atoms with Gasteiger partial charge in [0.1, 0.15) is 12.2 Å². The average molecular weight is 418 g/mol. The Bertz CT molecular complexity index is 1160. The average Bonchev–Trinajstić information content (AvgIpc) is 3.04. The quantitative estimate of drug-likeness (QED) is 0.702. The summed E-state index contributed by atoms with van der Waals surface area (Å²) in [6.45, 7) is 8.40. The van der Waals surface area contributed by atoms with Crippen molar-refractivity contribution >= 4 is 28.4 Å². The zero-order chi connectivity index (χ0) is 22.2. The number of carbonyl (C=O) groups excluding carboxylic acids is 2. The number of aromatic nitrogens is 2. The number of fused-ring (bicyclic) bond motifs is 3. The summed E-state index contributed by atoms with van der Waals surface area (Å²) in [7, 11) is 0. The van der Waals surface area contributed by atoms with E-state index in [1.807, 2.05) is 60.0 Å². The first kappa shape index (κ1) is 20.8. The van der Waals surface area contributed by atoms with Crippen molar-refractivity contribution in [3.8, 4) is 0 Å². The number of hydrogen-bond donors (Lipinski definition) is 1. The van der Waals surface area contributed by atoms with Crippen molar-refractivity contribution in [1.82, 2.24) is 19.9 Å². The second-order valence-corrected chi connectivity index (χ2v) is 8.88. The topological polar surface area (TPSA) is 79.6 Å². The second kappa shape index (κ2) is 7.98. The molecule has 1 aromatic carbocycles. The minimum atomic E-state index is -0.284. The highest BCUT2D eigenvalue weighted by Gasteiger charge is 2.31. The van der Waals surface area contributed by atoms with Crippen LogP contribution in [0.5, 0.6) is 0 Å². The van der Waals surface area contributed by atoms with E-state index in [-0.39, 0.29) is 29.8 Å². The number of nitrogens with one attached hydrogen (secondary N) is 1. The largest absolute Gasteiger partial charge is 0.346 e. The fourth-order valence-electron chi connectivity index (χ4n) is 3.69. The van der Waals surface area contributed by atoms with Crippen molar-refractivity contribution in [3.63, 3.8) is 0 Å². The van der Waals surface area contributed by atoms with Gasteiger partial charge in [-0.15, -0.1) is 0 Å². The van der Waals surface area contributed by atoms with Crippen LogP contribution >= 0.6 is 0 Å². The van der Waals surface area contributed by atoms with Crippen LogP contribution in [0.25, 0.3) is 10.9 Å². The lowest BCUT2D eigenvalue weighted by Crippen LogP contribution is -2.39. The maximum absolute atomic E-state index is 13.4. The van der Waals surface area contributed by atoms with Crippen molar-refractivity contribution < 1.29 is 9.59 Å². The lowest BCUT2D eigenvalue weighted by molar-refractivity contribution is -0.122. The highest BCUT2D eigenvalue weighted by Crippen LogP contribution is 2.27. The van der Waals surface area contributed by atoms with Crippen molar-refractivity contribution in [1.29, 1.82) is 0 Å². The molecule has 7 heteroatoms. The Kier molecular flexibility index (Phi) is 5.35. The molecule has 4 rings (SSSR count). The standard InChI is InChI=1S/C24H27N5O2/c1-16(18-10-7-8-12-25-18)26-22(30)15-29-23(31)20-13-17-9-5-6-11-19(17)28(20)14-21(27-29)24(2,3)4/h5-13,16H,14-15H2,1-4H3,(H,26,30)/t16-/m1/s1. The fraction of sp³-hybridized carbons (Fsp3) is 0.333. The van der Waals surface area contributed by atoms with Crippen LogP contribution < -0.4 is 5.32 Å². The van der Waals surface area contributed by atoms with Crippen molar-refractivity contribution in [2.24, 2.45) is 10.5 Å². The lowest BCUT2D eigenvalue weighted by Gasteiger charge is -2.23. The van der Waals surface area contributed by atoms with Gasteiger partial charge in [0.15, 0.2) is 0 Å². The summed E-state index contributed by atoms with van der Waals surface area (Å²) in [4.78, 5) is 30.4. The van der Waals surface area contributed by atoms with Gasteiger partial charge < -0.3 is 9.88 Å². The van der Waals surface area contributed by atoms with E-state index in [0.29, 0.717) is 12.2 Å². The number of rotatable bonds is 4. The van der Waals surface area contributed by atoms with E-state index in [9.17, 15) is 9.59 Å². The molecule has 1 aliphatic rings. The molecule has 1 atom stereocenters. The number of para-hydroxylation sites is 1. The van der Waals surface area contributed by atoms with E-state index in [4.69, 9.17) is 0 Å². The third-order valence-electron chi connectivity index (χ3n) is 5.48. The van der Waals surface area contributed by atoms with E-state index >= 15 is 0 Å². The van der Waals surface area contributed by atoms with E-state index in [0.717, 1.165) is 22.3 Å². The molecule has 0 aliphatic carbocycles. The Morgan fingerprint density at radius 2 is 1.90 bits per heavy atom. The molecule has 2 amide bonds. The van der Waals surface area contributed by atoms with Gasteiger partial charge >= 0.3 is 0 Å². The predicted molar refractivity (Wildman–Crippen MR) is 121 cm³/mol. The molecular formula is C24H27N5O2. The molecular weight excluding hydrogens is 390 g/mol. The number of pyridine rings is 1. The van der Waals surface area contributed by atoms with Gasteiger partial charge in [-0.3, -0.25) is 14.6 Å². The molecule has 2 aromatic heterocycles. The summed E-state index contributed by atoms with van der Waals surface area (Å²) in [5.74, 6) is -0.566. The maximum Gasteiger partial charge on any atom is 0.291 e. The summed E-state index contributed by atoms with van der Waals surface area (Å²) in [6.07, 6.45) is 1.69. The van der Waals surface area contributed by atoms with Gasteiger partial charge in [0, 0.05) is 22.5 Å². The van der Waals surface area contributed by atoms with Crippen molar-refractivity contribution in [2.45, 2.75) is 40.3 Å². The Morgan fingerprint density at radius 1 is 1.16 bits per heavy atom. The molecule has 0 unspecified atom stereocenters. The van der Waals surface area contributed by atoms with Gasteiger partial charge in [-0.1, -0.05) is 45.0 Å². The molecule has 1 N–H and O–H groups in total. The first-order chi connectivity index (χ1) is 14.7.